The largest absolute Gasteiger partial charge is 0.363 e. The second-order valence-electron chi connectivity index (χ2n) is 6.38. The van der Waals surface area contributed by atoms with Gasteiger partial charge in [0, 0.05) is 24.7 Å². The molecule has 0 aliphatic carbocycles. The third kappa shape index (κ3) is 3.33. The monoisotopic (exact) mass is 328 g/mol. The van der Waals surface area contributed by atoms with Crippen molar-refractivity contribution in [2.24, 2.45) is 5.92 Å². The van der Waals surface area contributed by atoms with Gasteiger partial charge < -0.3 is 10.2 Å². The van der Waals surface area contributed by atoms with Crippen LogP contribution in [0.5, 0.6) is 0 Å². The van der Waals surface area contributed by atoms with Gasteiger partial charge in [0.1, 0.15) is 0 Å². The molecule has 2 rings (SSSR count). The first kappa shape index (κ1) is 16.9. The number of nitrogens with zero attached hydrogens (tertiary/aromatic N) is 1. The number of hydrogen-bond donors (Lipinski definition) is 1. The molecule has 1 atom stereocenters. The molecule has 2 nitrogen and oxygen atoms in total. The summed E-state index contributed by atoms with van der Waals surface area (Å²) in [6, 6.07) is 6.19. The lowest BCUT2D eigenvalue weighted by atomic mass is 9.86. The van der Waals surface area contributed by atoms with E-state index in [4.69, 9.17) is 23.2 Å². The van der Waals surface area contributed by atoms with Crippen LogP contribution in [0.15, 0.2) is 18.2 Å². The maximum Gasteiger partial charge on any atom is 0.0748 e. The smallest absolute Gasteiger partial charge is 0.0748 e. The highest BCUT2D eigenvalue weighted by Crippen LogP contribution is 2.38. The molecule has 1 saturated heterocycles. The van der Waals surface area contributed by atoms with Crippen molar-refractivity contribution in [3.63, 3.8) is 0 Å². The molecule has 1 unspecified atom stereocenters. The second kappa shape index (κ2) is 6.76. The highest BCUT2D eigenvalue weighted by atomic mass is 35.5. The molecule has 1 N–H and O–H groups in total. The van der Waals surface area contributed by atoms with Crippen LogP contribution in [0.2, 0.25) is 10.0 Å². The minimum Gasteiger partial charge on any atom is -0.363 e. The molecule has 0 amide bonds. The van der Waals surface area contributed by atoms with Gasteiger partial charge in [0.15, 0.2) is 0 Å². The molecule has 0 spiro atoms. The number of anilines is 1. The summed E-state index contributed by atoms with van der Waals surface area (Å²) in [7, 11) is 0. The lowest BCUT2D eigenvalue weighted by Crippen LogP contribution is -2.65. The molecule has 0 saturated carbocycles. The Kier molecular flexibility index (Phi) is 5.45. The summed E-state index contributed by atoms with van der Waals surface area (Å²) in [5.41, 5.74) is 1.14. The van der Waals surface area contributed by atoms with Crippen LogP contribution in [-0.4, -0.2) is 24.7 Å². The van der Waals surface area contributed by atoms with E-state index in [-0.39, 0.29) is 5.54 Å². The van der Waals surface area contributed by atoms with Crippen molar-refractivity contribution < 1.29 is 0 Å². The third-order valence-corrected chi connectivity index (χ3v) is 5.52. The van der Waals surface area contributed by atoms with E-state index < -0.39 is 0 Å². The SMILES string of the molecule is CCC1(CC)CN(c2c(Cl)cccc2Cl)C(C(C)C)CN1. The van der Waals surface area contributed by atoms with E-state index in [0.29, 0.717) is 12.0 Å². The van der Waals surface area contributed by atoms with Crippen molar-refractivity contribution >= 4 is 28.9 Å². The first-order valence-electron chi connectivity index (χ1n) is 7.89. The maximum absolute atomic E-state index is 6.47. The van der Waals surface area contributed by atoms with Gasteiger partial charge in [-0.15, -0.1) is 0 Å². The Morgan fingerprint density at radius 3 is 2.29 bits per heavy atom. The minimum absolute atomic E-state index is 0.147. The number of piperazine rings is 1. The van der Waals surface area contributed by atoms with E-state index in [0.717, 1.165) is 41.7 Å². The summed E-state index contributed by atoms with van der Waals surface area (Å²) in [5.74, 6) is 0.538. The second-order valence-corrected chi connectivity index (χ2v) is 7.19. The quantitative estimate of drug-likeness (QED) is 0.837. The topological polar surface area (TPSA) is 15.3 Å². The van der Waals surface area contributed by atoms with Crippen LogP contribution >= 0.6 is 23.2 Å². The zero-order valence-electron chi connectivity index (χ0n) is 13.4. The lowest BCUT2D eigenvalue weighted by molar-refractivity contribution is 0.227. The Morgan fingerprint density at radius 1 is 1.24 bits per heavy atom. The molecule has 1 heterocycles. The van der Waals surface area contributed by atoms with E-state index in [1.54, 1.807) is 0 Å². The van der Waals surface area contributed by atoms with Crippen LogP contribution in [0.25, 0.3) is 0 Å². The Morgan fingerprint density at radius 2 is 1.81 bits per heavy atom. The van der Waals surface area contributed by atoms with Gasteiger partial charge in [0.2, 0.25) is 0 Å². The Bertz CT molecular complexity index is 463. The number of rotatable bonds is 4. The van der Waals surface area contributed by atoms with Crippen molar-refractivity contribution in [2.75, 3.05) is 18.0 Å². The van der Waals surface area contributed by atoms with Crippen LogP contribution in [0.4, 0.5) is 5.69 Å². The predicted octanol–water partition coefficient (Wildman–Crippen LogP) is 4.99. The van der Waals surface area contributed by atoms with Crippen LogP contribution in [0.1, 0.15) is 40.5 Å². The van der Waals surface area contributed by atoms with Crippen molar-refractivity contribution in [3.8, 4) is 0 Å². The molecule has 0 bridgehead atoms. The first-order valence-corrected chi connectivity index (χ1v) is 8.65. The average Bonchev–Trinajstić information content (AvgIpc) is 2.46. The Hall–Kier alpha value is -0.440. The molecule has 1 fully saturated rings. The molecule has 0 radical (unpaired) electrons. The van der Waals surface area contributed by atoms with Crippen molar-refractivity contribution in [1.29, 1.82) is 0 Å². The highest BCUT2D eigenvalue weighted by molar-refractivity contribution is 6.39. The molecular weight excluding hydrogens is 303 g/mol. The summed E-state index contributed by atoms with van der Waals surface area (Å²) in [6.07, 6.45) is 2.21. The van der Waals surface area contributed by atoms with E-state index in [1.807, 2.05) is 18.2 Å². The van der Waals surface area contributed by atoms with Crippen LogP contribution < -0.4 is 10.2 Å². The van der Waals surface area contributed by atoms with E-state index in [9.17, 15) is 0 Å². The fourth-order valence-corrected chi connectivity index (χ4v) is 3.87. The van der Waals surface area contributed by atoms with Gasteiger partial charge in [-0.25, -0.2) is 0 Å². The molecule has 1 aromatic rings. The number of nitrogens with one attached hydrogen (secondary N) is 1. The van der Waals surface area contributed by atoms with Gasteiger partial charge in [-0.1, -0.05) is 57.0 Å². The molecule has 118 valence electrons. The molecule has 1 aliphatic heterocycles. The lowest BCUT2D eigenvalue weighted by Gasteiger charge is -2.50. The van der Waals surface area contributed by atoms with Crippen molar-refractivity contribution in [1.82, 2.24) is 5.32 Å². The van der Waals surface area contributed by atoms with Crippen LogP contribution in [-0.2, 0) is 0 Å². The normalized spacial score (nSPS) is 21.9. The predicted molar refractivity (Wildman–Crippen MR) is 93.7 cm³/mol. The van der Waals surface area contributed by atoms with Crippen LogP contribution in [0, 0.1) is 5.92 Å². The molecule has 4 heteroatoms. The molecular formula is C17H26Cl2N2. The van der Waals surface area contributed by atoms with Crippen LogP contribution in [0.3, 0.4) is 0 Å². The molecule has 1 aliphatic rings. The first-order chi connectivity index (χ1) is 9.94. The van der Waals surface area contributed by atoms with E-state index in [2.05, 4.69) is 37.9 Å². The van der Waals surface area contributed by atoms with Gasteiger partial charge in [0.25, 0.3) is 0 Å². The summed E-state index contributed by atoms with van der Waals surface area (Å²) in [5, 5.41) is 5.27. The van der Waals surface area contributed by atoms with E-state index in [1.165, 1.54) is 0 Å². The van der Waals surface area contributed by atoms with E-state index >= 15 is 0 Å². The fourth-order valence-electron chi connectivity index (χ4n) is 3.26. The molecule has 1 aromatic carbocycles. The maximum atomic E-state index is 6.47. The third-order valence-electron chi connectivity index (χ3n) is 4.91. The number of halogens is 2. The van der Waals surface area contributed by atoms with Gasteiger partial charge >= 0.3 is 0 Å². The number of para-hydroxylation sites is 1. The zero-order valence-corrected chi connectivity index (χ0v) is 14.9. The summed E-state index contributed by atoms with van der Waals surface area (Å²) < 4.78 is 0. The Labute approximate surface area is 138 Å². The number of hydrogen-bond acceptors (Lipinski definition) is 2. The van der Waals surface area contributed by atoms with Gasteiger partial charge in [-0.2, -0.15) is 0 Å². The summed E-state index contributed by atoms with van der Waals surface area (Å²) >= 11 is 12.9. The van der Waals surface area contributed by atoms with Crippen molar-refractivity contribution in [3.05, 3.63) is 28.2 Å². The molecule has 21 heavy (non-hydrogen) atoms. The highest BCUT2D eigenvalue weighted by Gasteiger charge is 2.39. The zero-order chi connectivity index (χ0) is 15.6. The minimum atomic E-state index is 0.147. The Balaban J connectivity index is 2.43. The van der Waals surface area contributed by atoms with Crippen molar-refractivity contribution in [2.45, 2.75) is 52.1 Å². The standard InChI is InChI=1S/C17H26Cl2N2/c1-5-17(6-2)11-21(15(10-20-17)12(3)4)16-13(18)8-7-9-14(16)19/h7-9,12,15,20H,5-6,10-11H2,1-4H3. The van der Waals surface area contributed by atoms with Gasteiger partial charge in [-0.05, 0) is 30.9 Å². The average molecular weight is 329 g/mol. The fraction of sp³-hybridized carbons (Fsp3) is 0.647. The summed E-state index contributed by atoms with van der Waals surface area (Å²) in [6.45, 7) is 10.9. The summed E-state index contributed by atoms with van der Waals surface area (Å²) in [4.78, 5) is 2.43. The molecule has 0 aromatic heterocycles. The number of benzene rings is 1. The van der Waals surface area contributed by atoms with Gasteiger partial charge in [0.05, 0.1) is 15.7 Å². The van der Waals surface area contributed by atoms with Gasteiger partial charge in [-0.3, -0.25) is 0 Å².